The standard InChI is InChI=1S/C25H28ClF3N2O5S/c1-4-12-30-23-16(3)6-9-21(36-37(33,34)25(27,28)29)20-15-18(26)7-8-19(20)22(23)17-10-13-31(14-11-17)24(32)35-5-2/h4,7-9,12,15,17,22H,3,5-6,10-11,13-14H2,1-2H3/b12-4-,21-9+,30-23?. The molecule has 1 saturated heterocycles. The fourth-order valence-corrected chi connectivity index (χ4v) is 5.15. The lowest BCUT2D eigenvalue weighted by atomic mass is 9.73. The van der Waals surface area contributed by atoms with Crippen LogP contribution in [0, 0.1) is 5.92 Å². The Bertz CT molecular complexity index is 1230. The Labute approximate surface area is 219 Å². The van der Waals surface area contributed by atoms with Crippen molar-refractivity contribution in [1.29, 1.82) is 0 Å². The van der Waals surface area contributed by atoms with E-state index in [9.17, 15) is 26.4 Å². The monoisotopic (exact) mass is 560 g/mol. The van der Waals surface area contributed by atoms with Gasteiger partial charge in [0.25, 0.3) is 0 Å². The van der Waals surface area contributed by atoms with Gasteiger partial charge in [0.05, 0.1) is 12.3 Å². The zero-order chi connectivity index (χ0) is 27.4. The summed E-state index contributed by atoms with van der Waals surface area (Å²) >= 11 is 6.19. The lowest BCUT2D eigenvalue weighted by Crippen LogP contribution is -2.41. The summed E-state index contributed by atoms with van der Waals surface area (Å²) < 4.78 is 73.1. The minimum Gasteiger partial charge on any atom is -0.450 e. The van der Waals surface area contributed by atoms with Gasteiger partial charge in [-0.2, -0.15) is 21.6 Å². The number of hydrogen-bond acceptors (Lipinski definition) is 6. The van der Waals surface area contributed by atoms with Crippen LogP contribution in [0.4, 0.5) is 18.0 Å². The first-order chi connectivity index (χ1) is 17.4. The molecule has 1 fully saturated rings. The summed E-state index contributed by atoms with van der Waals surface area (Å²) in [4.78, 5) is 18.4. The normalized spacial score (nSPS) is 22.3. The van der Waals surface area contributed by atoms with E-state index in [2.05, 4.69) is 15.8 Å². The molecule has 37 heavy (non-hydrogen) atoms. The molecule has 1 atom stereocenters. The number of nitrogens with zero attached hydrogens (tertiary/aromatic N) is 2. The van der Waals surface area contributed by atoms with Crippen molar-refractivity contribution < 1.29 is 35.3 Å². The fraction of sp³-hybridized carbons (Fsp3) is 0.440. The van der Waals surface area contributed by atoms with Crippen molar-refractivity contribution in [3.05, 3.63) is 64.9 Å². The van der Waals surface area contributed by atoms with Gasteiger partial charge in [0, 0.05) is 35.8 Å². The highest BCUT2D eigenvalue weighted by atomic mass is 35.5. The molecule has 1 aromatic carbocycles. The van der Waals surface area contributed by atoms with Crippen molar-refractivity contribution in [3.63, 3.8) is 0 Å². The molecule has 1 aromatic rings. The maximum Gasteiger partial charge on any atom is 0.534 e. The summed E-state index contributed by atoms with van der Waals surface area (Å²) in [6.45, 7) is 8.68. The average molecular weight is 561 g/mol. The lowest BCUT2D eigenvalue weighted by Gasteiger charge is -2.38. The number of allylic oxidation sites excluding steroid dienone is 3. The minimum absolute atomic E-state index is 0.00320. The molecule has 0 aromatic heterocycles. The Kier molecular flexibility index (Phi) is 9.12. The fourth-order valence-electron chi connectivity index (χ4n) is 4.49. The number of carbonyl (C=O) groups excluding carboxylic acids is 1. The van der Waals surface area contributed by atoms with Crippen LogP contribution in [0.1, 0.15) is 50.2 Å². The van der Waals surface area contributed by atoms with E-state index in [4.69, 9.17) is 16.3 Å². The van der Waals surface area contributed by atoms with Gasteiger partial charge >= 0.3 is 21.7 Å². The van der Waals surface area contributed by atoms with Gasteiger partial charge in [-0.15, -0.1) is 0 Å². The van der Waals surface area contributed by atoms with Gasteiger partial charge in [0.15, 0.2) is 0 Å². The highest BCUT2D eigenvalue weighted by molar-refractivity contribution is 7.87. The molecule has 7 nitrogen and oxygen atoms in total. The van der Waals surface area contributed by atoms with Crippen LogP contribution in [0.2, 0.25) is 5.02 Å². The van der Waals surface area contributed by atoms with E-state index < -0.39 is 33.4 Å². The van der Waals surface area contributed by atoms with Crippen molar-refractivity contribution in [2.45, 2.75) is 44.5 Å². The van der Waals surface area contributed by atoms with E-state index in [0.29, 0.717) is 42.8 Å². The van der Waals surface area contributed by atoms with Gasteiger partial charge in [-0.3, -0.25) is 4.99 Å². The van der Waals surface area contributed by atoms with Crippen LogP contribution in [-0.2, 0) is 19.0 Å². The highest BCUT2D eigenvalue weighted by Gasteiger charge is 2.49. The first kappa shape index (κ1) is 28.8. The number of ether oxygens (including phenoxy) is 1. The molecule has 202 valence electrons. The van der Waals surface area contributed by atoms with E-state index in [1.54, 1.807) is 43.2 Å². The molecule has 3 rings (SSSR count). The Morgan fingerprint density at radius 1 is 1.30 bits per heavy atom. The molecule has 0 spiro atoms. The molecular formula is C25H28ClF3N2O5S. The van der Waals surface area contributed by atoms with Crippen LogP contribution < -0.4 is 0 Å². The van der Waals surface area contributed by atoms with Gasteiger partial charge in [-0.25, -0.2) is 4.79 Å². The molecule has 1 aliphatic heterocycles. The van der Waals surface area contributed by atoms with Gasteiger partial charge in [-0.1, -0.05) is 30.3 Å². The molecule has 0 radical (unpaired) electrons. The number of piperidine rings is 1. The van der Waals surface area contributed by atoms with Gasteiger partial charge < -0.3 is 13.8 Å². The molecule has 1 aliphatic carbocycles. The predicted molar refractivity (Wildman–Crippen MR) is 136 cm³/mol. The number of hydrogen-bond donors (Lipinski definition) is 0. The molecule has 0 bridgehead atoms. The smallest absolute Gasteiger partial charge is 0.450 e. The summed E-state index contributed by atoms with van der Waals surface area (Å²) in [5, 5.41) is 0.194. The quantitative estimate of drug-likeness (QED) is 0.306. The predicted octanol–water partition coefficient (Wildman–Crippen LogP) is 6.43. The molecule has 12 heteroatoms. The van der Waals surface area contributed by atoms with Crippen LogP contribution in [0.5, 0.6) is 0 Å². The summed E-state index contributed by atoms with van der Waals surface area (Å²) in [5.74, 6) is -1.04. The second-order valence-electron chi connectivity index (χ2n) is 8.59. The summed E-state index contributed by atoms with van der Waals surface area (Å²) in [6, 6.07) is 4.60. The number of carbonyl (C=O) groups is 1. The molecule has 1 unspecified atom stereocenters. The number of amides is 1. The Morgan fingerprint density at radius 2 is 1.97 bits per heavy atom. The number of benzene rings is 1. The molecule has 1 amide bonds. The van der Waals surface area contributed by atoms with Crippen LogP contribution in [0.15, 0.2) is 53.7 Å². The van der Waals surface area contributed by atoms with Crippen molar-refractivity contribution in [2.75, 3.05) is 19.7 Å². The Morgan fingerprint density at radius 3 is 2.57 bits per heavy atom. The number of likely N-dealkylation sites (tertiary alicyclic amines) is 1. The number of alkyl halides is 3. The second kappa shape index (κ2) is 11.7. The number of rotatable bonds is 5. The van der Waals surface area contributed by atoms with E-state index >= 15 is 0 Å². The molecule has 2 aliphatic rings. The van der Waals surface area contributed by atoms with Crippen LogP contribution in [0.3, 0.4) is 0 Å². The van der Waals surface area contributed by atoms with Gasteiger partial charge in [0.1, 0.15) is 5.76 Å². The topological polar surface area (TPSA) is 85.3 Å². The largest absolute Gasteiger partial charge is 0.534 e. The first-order valence-electron chi connectivity index (χ1n) is 11.7. The second-order valence-corrected chi connectivity index (χ2v) is 10.6. The SMILES string of the molecule is C=C1C/C=C(/OS(=O)(=O)C(F)(F)F)c2cc(Cl)ccc2C(C2CCN(C(=O)OCC)CC2)C1=N/C=C\C. The Balaban J connectivity index is 2.12. The minimum atomic E-state index is -5.93. The number of halogens is 4. The first-order valence-corrected chi connectivity index (χ1v) is 13.5. The third-order valence-corrected chi connectivity index (χ3v) is 7.39. The summed E-state index contributed by atoms with van der Waals surface area (Å²) in [7, 11) is -5.93. The lowest BCUT2D eigenvalue weighted by molar-refractivity contribution is -0.0509. The summed E-state index contributed by atoms with van der Waals surface area (Å²) in [6.07, 6.45) is 5.28. The van der Waals surface area contributed by atoms with E-state index in [1.807, 2.05) is 0 Å². The van der Waals surface area contributed by atoms with Gasteiger partial charge in [0.2, 0.25) is 0 Å². The molecule has 0 N–H and O–H groups in total. The third kappa shape index (κ3) is 6.56. The van der Waals surface area contributed by atoms with Crippen LogP contribution in [0.25, 0.3) is 5.76 Å². The van der Waals surface area contributed by atoms with Crippen molar-refractivity contribution >= 4 is 39.3 Å². The van der Waals surface area contributed by atoms with Crippen molar-refractivity contribution in [1.82, 2.24) is 4.90 Å². The maximum absolute atomic E-state index is 13.2. The Hall–Kier alpha value is -2.79. The third-order valence-electron chi connectivity index (χ3n) is 6.19. The van der Waals surface area contributed by atoms with E-state index in [-0.39, 0.29) is 29.5 Å². The van der Waals surface area contributed by atoms with Crippen LogP contribution in [-0.4, -0.2) is 50.3 Å². The zero-order valence-electron chi connectivity index (χ0n) is 20.4. The average Bonchev–Trinajstić information content (AvgIpc) is 2.83. The van der Waals surface area contributed by atoms with Crippen molar-refractivity contribution in [2.24, 2.45) is 10.9 Å². The molecule has 0 saturated carbocycles. The van der Waals surface area contributed by atoms with E-state index in [1.165, 1.54) is 12.1 Å². The summed E-state index contributed by atoms with van der Waals surface area (Å²) in [5.41, 5.74) is -3.86. The maximum atomic E-state index is 13.2. The number of fused-ring (bicyclic) bond motifs is 1. The molecular weight excluding hydrogens is 533 g/mol. The van der Waals surface area contributed by atoms with Gasteiger partial charge in [-0.05, 0) is 68.4 Å². The zero-order valence-corrected chi connectivity index (χ0v) is 22.0. The van der Waals surface area contributed by atoms with Crippen molar-refractivity contribution in [3.8, 4) is 0 Å². The number of aliphatic imine (C=N–C) groups is 1. The van der Waals surface area contributed by atoms with Crippen LogP contribution >= 0.6 is 11.6 Å². The molecule has 1 heterocycles. The highest BCUT2D eigenvalue weighted by Crippen LogP contribution is 2.43. The van der Waals surface area contributed by atoms with E-state index in [0.717, 1.165) is 0 Å².